The largest absolute Gasteiger partial charge is 0.490 e. The zero-order valence-corrected chi connectivity index (χ0v) is 11.7. The average molecular weight is 265 g/mol. The van der Waals surface area contributed by atoms with Crippen molar-refractivity contribution in [2.45, 2.75) is 45.4 Å². The van der Waals surface area contributed by atoms with Gasteiger partial charge in [0, 0.05) is 24.6 Å². The van der Waals surface area contributed by atoms with Crippen LogP contribution in [0.25, 0.3) is 0 Å². The molecular formula is C15H23NO3. The summed E-state index contributed by atoms with van der Waals surface area (Å²) in [5.41, 5.74) is 1.11. The molecule has 1 aromatic rings. The monoisotopic (exact) mass is 265 g/mol. The van der Waals surface area contributed by atoms with Crippen molar-refractivity contribution in [1.29, 1.82) is 0 Å². The standard InChI is InChI=1S/C15H23NO3/c1-11(9-12(2)17)16-10-13-5-3-6-14-15(13)19-8-4-7-18-14/h3,5-6,11-12,16-17H,4,7-10H2,1-2H3. The van der Waals surface area contributed by atoms with Crippen LogP contribution in [0.3, 0.4) is 0 Å². The number of aliphatic hydroxyl groups excluding tert-OH is 1. The maximum Gasteiger partial charge on any atom is 0.165 e. The van der Waals surface area contributed by atoms with Crippen LogP contribution in [0.15, 0.2) is 18.2 Å². The Kier molecular flexibility index (Phi) is 5.05. The first-order chi connectivity index (χ1) is 9.16. The maximum absolute atomic E-state index is 9.36. The van der Waals surface area contributed by atoms with Crippen molar-refractivity contribution < 1.29 is 14.6 Å². The fraction of sp³-hybridized carbons (Fsp3) is 0.600. The highest BCUT2D eigenvalue weighted by Gasteiger charge is 2.15. The van der Waals surface area contributed by atoms with Crippen LogP contribution in [-0.4, -0.2) is 30.5 Å². The van der Waals surface area contributed by atoms with Gasteiger partial charge in [-0.05, 0) is 26.3 Å². The van der Waals surface area contributed by atoms with Crippen molar-refractivity contribution >= 4 is 0 Å². The van der Waals surface area contributed by atoms with E-state index in [2.05, 4.69) is 18.3 Å². The number of hydrogen-bond donors (Lipinski definition) is 2. The Morgan fingerprint density at radius 3 is 2.84 bits per heavy atom. The molecule has 0 aromatic heterocycles. The lowest BCUT2D eigenvalue weighted by atomic mass is 10.1. The third-order valence-electron chi connectivity index (χ3n) is 3.19. The summed E-state index contributed by atoms with van der Waals surface area (Å²) in [4.78, 5) is 0. The highest BCUT2D eigenvalue weighted by molar-refractivity contribution is 5.47. The Morgan fingerprint density at radius 2 is 2.05 bits per heavy atom. The number of nitrogens with one attached hydrogen (secondary N) is 1. The lowest BCUT2D eigenvalue weighted by molar-refractivity contribution is 0.170. The van der Waals surface area contributed by atoms with E-state index in [4.69, 9.17) is 9.47 Å². The molecule has 0 spiro atoms. The number of fused-ring (bicyclic) bond motifs is 1. The van der Waals surface area contributed by atoms with E-state index in [9.17, 15) is 5.11 Å². The van der Waals surface area contributed by atoms with Gasteiger partial charge in [-0.1, -0.05) is 12.1 Å². The first-order valence-corrected chi connectivity index (χ1v) is 6.95. The fourth-order valence-electron chi connectivity index (χ4n) is 2.27. The summed E-state index contributed by atoms with van der Waals surface area (Å²) in [6.07, 6.45) is 1.38. The Hall–Kier alpha value is -1.26. The van der Waals surface area contributed by atoms with Gasteiger partial charge in [0.25, 0.3) is 0 Å². The van der Waals surface area contributed by atoms with Crippen LogP contribution in [-0.2, 0) is 6.54 Å². The number of aliphatic hydroxyl groups is 1. The van der Waals surface area contributed by atoms with Gasteiger partial charge in [0.15, 0.2) is 11.5 Å². The minimum Gasteiger partial charge on any atom is -0.490 e. The van der Waals surface area contributed by atoms with Gasteiger partial charge in [-0.3, -0.25) is 0 Å². The summed E-state index contributed by atoms with van der Waals surface area (Å²) < 4.78 is 11.4. The van der Waals surface area contributed by atoms with Crippen LogP contribution < -0.4 is 14.8 Å². The van der Waals surface area contributed by atoms with Crippen molar-refractivity contribution in [3.8, 4) is 11.5 Å². The molecule has 0 radical (unpaired) electrons. The molecule has 0 saturated carbocycles. The van der Waals surface area contributed by atoms with Crippen molar-refractivity contribution in [1.82, 2.24) is 5.32 Å². The number of benzene rings is 1. The van der Waals surface area contributed by atoms with Crippen LogP contribution in [0.2, 0.25) is 0 Å². The van der Waals surface area contributed by atoms with E-state index in [1.165, 1.54) is 0 Å². The average Bonchev–Trinajstić information content (AvgIpc) is 2.60. The summed E-state index contributed by atoms with van der Waals surface area (Å²) in [6, 6.07) is 6.26. The molecule has 2 N–H and O–H groups in total. The molecule has 1 aromatic carbocycles. The Balaban J connectivity index is 2.00. The van der Waals surface area contributed by atoms with E-state index in [1.807, 2.05) is 19.1 Å². The van der Waals surface area contributed by atoms with Gasteiger partial charge in [0.05, 0.1) is 19.3 Å². The third kappa shape index (κ3) is 4.11. The molecule has 1 heterocycles. The highest BCUT2D eigenvalue weighted by Crippen LogP contribution is 2.33. The molecule has 0 aliphatic carbocycles. The lowest BCUT2D eigenvalue weighted by Gasteiger charge is -2.17. The van der Waals surface area contributed by atoms with Crippen LogP contribution in [0.1, 0.15) is 32.3 Å². The molecular weight excluding hydrogens is 242 g/mol. The van der Waals surface area contributed by atoms with Crippen molar-refractivity contribution in [2.24, 2.45) is 0 Å². The zero-order chi connectivity index (χ0) is 13.7. The van der Waals surface area contributed by atoms with Gasteiger partial charge in [-0.15, -0.1) is 0 Å². The molecule has 0 saturated heterocycles. The summed E-state index contributed by atoms with van der Waals surface area (Å²) in [5.74, 6) is 1.69. The van der Waals surface area contributed by atoms with E-state index in [0.717, 1.165) is 36.4 Å². The number of rotatable bonds is 5. The molecule has 0 fully saturated rings. The molecule has 19 heavy (non-hydrogen) atoms. The minimum absolute atomic E-state index is 0.266. The van der Waals surface area contributed by atoms with Crippen LogP contribution in [0.5, 0.6) is 11.5 Å². The van der Waals surface area contributed by atoms with Gasteiger partial charge >= 0.3 is 0 Å². The summed E-state index contributed by atoms with van der Waals surface area (Å²) >= 11 is 0. The maximum atomic E-state index is 9.36. The van der Waals surface area contributed by atoms with Gasteiger partial charge in [0.2, 0.25) is 0 Å². The van der Waals surface area contributed by atoms with Crippen LogP contribution >= 0.6 is 0 Å². The molecule has 1 aliphatic heterocycles. The van der Waals surface area contributed by atoms with Gasteiger partial charge in [0.1, 0.15) is 0 Å². The normalized spacial score (nSPS) is 17.6. The molecule has 2 unspecified atom stereocenters. The summed E-state index contributed by atoms with van der Waals surface area (Å²) in [7, 11) is 0. The predicted molar refractivity (Wildman–Crippen MR) is 74.6 cm³/mol. The minimum atomic E-state index is -0.282. The van der Waals surface area contributed by atoms with Crippen molar-refractivity contribution in [3.63, 3.8) is 0 Å². The van der Waals surface area contributed by atoms with Gasteiger partial charge in [-0.2, -0.15) is 0 Å². The smallest absolute Gasteiger partial charge is 0.165 e. The second-order valence-electron chi connectivity index (χ2n) is 5.16. The molecule has 4 nitrogen and oxygen atoms in total. The zero-order valence-electron chi connectivity index (χ0n) is 11.7. The number of para-hydroxylation sites is 1. The Morgan fingerprint density at radius 1 is 1.26 bits per heavy atom. The SMILES string of the molecule is CC(O)CC(C)NCc1cccc2c1OCCCO2. The number of hydrogen-bond acceptors (Lipinski definition) is 4. The Bertz CT molecular complexity index is 406. The fourth-order valence-corrected chi connectivity index (χ4v) is 2.27. The molecule has 2 rings (SSSR count). The first-order valence-electron chi connectivity index (χ1n) is 6.95. The molecule has 1 aliphatic rings. The second-order valence-corrected chi connectivity index (χ2v) is 5.16. The topological polar surface area (TPSA) is 50.7 Å². The van der Waals surface area contributed by atoms with Gasteiger partial charge < -0.3 is 19.9 Å². The lowest BCUT2D eigenvalue weighted by Crippen LogP contribution is -2.28. The van der Waals surface area contributed by atoms with Crippen molar-refractivity contribution in [2.75, 3.05) is 13.2 Å². The molecule has 106 valence electrons. The summed E-state index contributed by atoms with van der Waals surface area (Å²) in [6.45, 7) is 6.02. The third-order valence-corrected chi connectivity index (χ3v) is 3.19. The Labute approximate surface area is 114 Å². The molecule has 2 atom stereocenters. The second kappa shape index (κ2) is 6.78. The molecule has 0 bridgehead atoms. The van der Waals surface area contributed by atoms with E-state index in [1.54, 1.807) is 0 Å². The van der Waals surface area contributed by atoms with Gasteiger partial charge in [-0.25, -0.2) is 0 Å². The summed E-state index contributed by atoms with van der Waals surface area (Å²) in [5, 5.41) is 12.8. The van der Waals surface area contributed by atoms with Crippen LogP contribution in [0, 0.1) is 0 Å². The number of ether oxygens (including phenoxy) is 2. The first kappa shape index (κ1) is 14.2. The van der Waals surface area contributed by atoms with Crippen molar-refractivity contribution in [3.05, 3.63) is 23.8 Å². The molecule has 4 heteroatoms. The highest BCUT2D eigenvalue weighted by atomic mass is 16.5. The molecule has 0 amide bonds. The van der Waals surface area contributed by atoms with E-state index in [0.29, 0.717) is 13.2 Å². The predicted octanol–water partition coefficient (Wildman–Crippen LogP) is 2.10. The van der Waals surface area contributed by atoms with Crippen LogP contribution in [0.4, 0.5) is 0 Å². The van der Waals surface area contributed by atoms with E-state index >= 15 is 0 Å². The van der Waals surface area contributed by atoms with E-state index in [-0.39, 0.29) is 12.1 Å². The quantitative estimate of drug-likeness (QED) is 0.856. The van der Waals surface area contributed by atoms with E-state index < -0.39 is 0 Å².